The van der Waals surface area contributed by atoms with Crippen LogP contribution < -0.4 is 10.6 Å². The maximum Gasteiger partial charge on any atom is 0.00767 e. The van der Waals surface area contributed by atoms with Crippen molar-refractivity contribution in [3.8, 4) is 0 Å². The van der Waals surface area contributed by atoms with Gasteiger partial charge in [0.05, 0.1) is 0 Å². The highest BCUT2D eigenvalue weighted by Crippen LogP contribution is 2.16. The summed E-state index contributed by atoms with van der Waals surface area (Å²) in [6.45, 7) is 14.5. The van der Waals surface area contributed by atoms with Gasteiger partial charge in [0.2, 0.25) is 0 Å². The van der Waals surface area contributed by atoms with Gasteiger partial charge in [-0.2, -0.15) is 0 Å². The van der Waals surface area contributed by atoms with E-state index in [1.165, 1.54) is 64.7 Å². The van der Waals surface area contributed by atoms with Crippen LogP contribution in [-0.2, 0) is 0 Å². The van der Waals surface area contributed by atoms with E-state index < -0.39 is 0 Å². The van der Waals surface area contributed by atoms with Gasteiger partial charge in [-0.15, -0.1) is 0 Å². The van der Waals surface area contributed by atoms with E-state index in [9.17, 15) is 0 Å². The first-order valence-corrected chi connectivity index (χ1v) is 9.67. The van der Waals surface area contributed by atoms with Crippen LogP contribution in [-0.4, -0.2) is 74.2 Å². The topological polar surface area (TPSA) is 30.5 Å². The third-order valence-electron chi connectivity index (χ3n) is 5.46. The molecule has 2 fully saturated rings. The lowest BCUT2D eigenvalue weighted by atomic mass is 10.2. The largest absolute Gasteiger partial charge is 0.315 e. The van der Waals surface area contributed by atoms with Crippen LogP contribution in [0.3, 0.4) is 0 Å². The normalized spacial score (nSPS) is 27.0. The van der Waals surface area contributed by atoms with Crippen LogP contribution in [0, 0.1) is 0 Å². The van der Waals surface area contributed by atoms with Crippen molar-refractivity contribution in [2.24, 2.45) is 0 Å². The van der Waals surface area contributed by atoms with Gasteiger partial charge < -0.3 is 20.4 Å². The second kappa shape index (κ2) is 10.6. The number of hydrogen-bond donors (Lipinski definition) is 2. The molecule has 2 saturated heterocycles. The molecule has 2 rings (SSSR count). The number of rotatable bonds is 11. The van der Waals surface area contributed by atoms with Gasteiger partial charge in [-0.1, -0.05) is 0 Å². The van der Waals surface area contributed by atoms with Gasteiger partial charge >= 0.3 is 0 Å². The molecule has 0 amide bonds. The molecule has 4 heteroatoms. The summed E-state index contributed by atoms with van der Waals surface area (Å²) in [6, 6.07) is 1.64. The summed E-state index contributed by atoms with van der Waals surface area (Å²) in [7, 11) is 0. The average molecular weight is 311 g/mol. The van der Waals surface area contributed by atoms with Gasteiger partial charge in [0.1, 0.15) is 0 Å². The van der Waals surface area contributed by atoms with Crippen molar-refractivity contribution in [1.29, 1.82) is 0 Å². The van der Waals surface area contributed by atoms with Gasteiger partial charge in [0.25, 0.3) is 0 Å². The molecule has 2 aliphatic heterocycles. The van der Waals surface area contributed by atoms with Gasteiger partial charge in [0.15, 0.2) is 0 Å². The molecule has 0 saturated carbocycles. The Bertz CT molecular complexity index is 256. The summed E-state index contributed by atoms with van der Waals surface area (Å²) < 4.78 is 0. The summed E-state index contributed by atoms with van der Waals surface area (Å²) in [5.74, 6) is 0. The summed E-state index contributed by atoms with van der Waals surface area (Å²) in [5.41, 5.74) is 0. The molecule has 0 aromatic rings. The second-order valence-electron chi connectivity index (χ2n) is 7.26. The highest BCUT2D eigenvalue weighted by molar-refractivity contribution is 4.75. The standard InChI is InChI=1S/C18H38N4/c1-17-7-3-13-21(17)15-5-9-19-11-12-20-10-6-16-22-14-4-8-18(22)2/h17-20H,3-16H2,1-2H3. The Morgan fingerprint density at radius 3 is 1.55 bits per heavy atom. The van der Waals surface area contributed by atoms with Crippen molar-refractivity contribution in [1.82, 2.24) is 20.4 Å². The van der Waals surface area contributed by atoms with Crippen LogP contribution in [0.25, 0.3) is 0 Å². The Hall–Kier alpha value is -0.160. The number of nitrogens with one attached hydrogen (secondary N) is 2. The highest BCUT2D eigenvalue weighted by Gasteiger charge is 2.19. The summed E-state index contributed by atoms with van der Waals surface area (Å²) in [6.07, 6.45) is 8.17. The van der Waals surface area contributed by atoms with Gasteiger partial charge in [-0.3, -0.25) is 0 Å². The molecular formula is C18H38N4. The first kappa shape index (κ1) is 18.2. The Morgan fingerprint density at radius 2 is 1.18 bits per heavy atom. The third kappa shape index (κ3) is 6.53. The maximum atomic E-state index is 3.56. The number of likely N-dealkylation sites (tertiary alicyclic amines) is 2. The van der Waals surface area contributed by atoms with Gasteiger partial charge in [0, 0.05) is 25.2 Å². The summed E-state index contributed by atoms with van der Waals surface area (Å²) in [5, 5.41) is 7.13. The fraction of sp³-hybridized carbons (Fsp3) is 1.00. The van der Waals surface area contributed by atoms with E-state index in [1.54, 1.807) is 0 Å². The Labute approximate surface area is 138 Å². The molecule has 2 unspecified atom stereocenters. The number of hydrogen-bond acceptors (Lipinski definition) is 4. The fourth-order valence-electron chi connectivity index (χ4n) is 3.89. The van der Waals surface area contributed by atoms with Crippen LogP contribution in [0.2, 0.25) is 0 Å². The molecule has 0 aromatic heterocycles. The molecule has 2 N–H and O–H groups in total. The minimum absolute atomic E-state index is 0.819. The molecule has 22 heavy (non-hydrogen) atoms. The van der Waals surface area contributed by atoms with E-state index in [-0.39, 0.29) is 0 Å². The molecule has 0 spiro atoms. The average Bonchev–Trinajstić information content (AvgIpc) is 3.10. The first-order chi connectivity index (χ1) is 10.8. The number of nitrogens with zero attached hydrogens (tertiary/aromatic N) is 2. The van der Waals surface area contributed by atoms with Gasteiger partial charge in [-0.25, -0.2) is 0 Å². The molecule has 0 aromatic carbocycles. The van der Waals surface area contributed by atoms with Crippen LogP contribution >= 0.6 is 0 Å². The van der Waals surface area contributed by atoms with Crippen LogP contribution in [0.15, 0.2) is 0 Å². The van der Waals surface area contributed by atoms with Crippen molar-refractivity contribution < 1.29 is 0 Å². The first-order valence-electron chi connectivity index (χ1n) is 9.67. The smallest absolute Gasteiger partial charge is 0.00767 e. The van der Waals surface area contributed by atoms with Crippen molar-refractivity contribution in [3.63, 3.8) is 0 Å². The van der Waals surface area contributed by atoms with Crippen LogP contribution in [0.4, 0.5) is 0 Å². The summed E-state index contributed by atoms with van der Waals surface area (Å²) >= 11 is 0. The minimum atomic E-state index is 0.819. The molecule has 4 nitrogen and oxygen atoms in total. The van der Waals surface area contributed by atoms with Gasteiger partial charge in [-0.05, 0) is 91.6 Å². The van der Waals surface area contributed by atoms with Crippen molar-refractivity contribution in [3.05, 3.63) is 0 Å². The quantitative estimate of drug-likeness (QED) is 0.571. The van der Waals surface area contributed by atoms with Crippen molar-refractivity contribution >= 4 is 0 Å². The van der Waals surface area contributed by atoms with E-state index in [2.05, 4.69) is 34.3 Å². The van der Waals surface area contributed by atoms with Crippen molar-refractivity contribution in [2.45, 2.75) is 64.5 Å². The molecule has 2 heterocycles. The fourth-order valence-corrected chi connectivity index (χ4v) is 3.89. The molecule has 2 atom stereocenters. The van der Waals surface area contributed by atoms with E-state index in [4.69, 9.17) is 0 Å². The second-order valence-corrected chi connectivity index (χ2v) is 7.26. The molecule has 130 valence electrons. The maximum absolute atomic E-state index is 3.56. The highest BCUT2D eigenvalue weighted by atomic mass is 15.2. The molecule has 0 radical (unpaired) electrons. The minimum Gasteiger partial charge on any atom is -0.315 e. The van der Waals surface area contributed by atoms with E-state index in [0.717, 1.165) is 38.3 Å². The van der Waals surface area contributed by atoms with Crippen LogP contribution in [0.5, 0.6) is 0 Å². The van der Waals surface area contributed by atoms with E-state index in [1.807, 2.05) is 0 Å². The van der Waals surface area contributed by atoms with E-state index in [0.29, 0.717) is 0 Å². The zero-order valence-corrected chi connectivity index (χ0v) is 14.9. The Kier molecular flexibility index (Phi) is 8.75. The lowest BCUT2D eigenvalue weighted by Gasteiger charge is -2.21. The SMILES string of the molecule is CC1CCCN1CCCNCCNCCCN1CCCC1C. The summed E-state index contributed by atoms with van der Waals surface area (Å²) in [4.78, 5) is 5.28. The molecule has 0 bridgehead atoms. The Morgan fingerprint density at radius 1 is 0.727 bits per heavy atom. The monoisotopic (exact) mass is 310 g/mol. The third-order valence-corrected chi connectivity index (χ3v) is 5.46. The molecule has 0 aliphatic carbocycles. The predicted molar refractivity (Wildman–Crippen MR) is 95.5 cm³/mol. The zero-order valence-electron chi connectivity index (χ0n) is 14.9. The molecule has 2 aliphatic rings. The van der Waals surface area contributed by atoms with Crippen molar-refractivity contribution in [2.75, 3.05) is 52.4 Å². The lowest BCUT2D eigenvalue weighted by molar-refractivity contribution is 0.263. The zero-order chi connectivity index (χ0) is 15.6. The molecular weight excluding hydrogens is 272 g/mol. The van der Waals surface area contributed by atoms with E-state index >= 15 is 0 Å². The van der Waals surface area contributed by atoms with Crippen LogP contribution in [0.1, 0.15) is 52.4 Å². The predicted octanol–water partition coefficient (Wildman–Crippen LogP) is 1.91. The Balaban J connectivity index is 1.31. The lowest BCUT2D eigenvalue weighted by Crippen LogP contribution is -2.33.